The average molecular weight is 445 g/mol. The zero-order chi connectivity index (χ0) is 23.1. The average Bonchev–Trinajstić information content (AvgIpc) is 3.14. The quantitative estimate of drug-likeness (QED) is 0.238. The molecule has 0 aliphatic carbocycles. The predicted octanol–water partition coefficient (Wildman–Crippen LogP) is 2.08. The number of benzene rings is 1. The first-order valence-electron chi connectivity index (χ1n) is 10.3. The van der Waals surface area contributed by atoms with Gasteiger partial charge in [0, 0.05) is 24.3 Å². The summed E-state index contributed by atoms with van der Waals surface area (Å²) in [7, 11) is 3.11. The molecule has 2 heterocycles. The second-order valence-corrected chi connectivity index (χ2v) is 7.28. The number of azide groups is 1. The molecule has 4 atom stereocenters. The Morgan fingerprint density at radius 3 is 2.53 bits per heavy atom. The standard InChI is InChI=1S/C21H27N5O6/c1-4-16-18(23-24-22)19(31-12-11-29-2)20(32-16)25-10-9-17(27)26(21(25)28)13-14-5-7-15(30-3)8-6-14/h5-10,16,18-20H,4,11-13H2,1-3H3/t16-,18-,19-,20-/m1/s1. The summed E-state index contributed by atoms with van der Waals surface area (Å²) in [4.78, 5) is 28.7. The predicted molar refractivity (Wildman–Crippen MR) is 116 cm³/mol. The fourth-order valence-corrected chi connectivity index (χ4v) is 3.71. The molecule has 0 spiro atoms. The fraction of sp³-hybridized carbons (Fsp3) is 0.524. The minimum atomic E-state index is -0.859. The van der Waals surface area contributed by atoms with Gasteiger partial charge in [0.05, 0.1) is 39.0 Å². The molecule has 1 aliphatic heterocycles. The first-order chi connectivity index (χ1) is 15.5. The van der Waals surface area contributed by atoms with E-state index in [1.54, 1.807) is 38.5 Å². The highest BCUT2D eigenvalue weighted by Crippen LogP contribution is 2.34. The number of hydrogen-bond acceptors (Lipinski definition) is 7. The van der Waals surface area contributed by atoms with Crippen molar-refractivity contribution >= 4 is 0 Å². The van der Waals surface area contributed by atoms with Crippen LogP contribution in [0, 0.1) is 0 Å². The van der Waals surface area contributed by atoms with Gasteiger partial charge in [0.1, 0.15) is 11.9 Å². The van der Waals surface area contributed by atoms with Crippen molar-refractivity contribution in [3.8, 4) is 5.75 Å². The molecule has 3 rings (SSSR count). The van der Waals surface area contributed by atoms with Crippen molar-refractivity contribution in [3.05, 3.63) is 73.4 Å². The van der Waals surface area contributed by atoms with Gasteiger partial charge in [0.25, 0.3) is 5.56 Å². The Balaban J connectivity index is 1.97. The van der Waals surface area contributed by atoms with Gasteiger partial charge in [-0.05, 0) is 29.6 Å². The SMILES string of the molecule is CC[C@H]1O[C@@H](n2ccc(=O)n(Cc3ccc(OC)cc3)c2=O)[C@H](OCCOC)[C@@H]1N=[N+]=[N-]. The Morgan fingerprint density at radius 2 is 1.91 bits per heavy atom. The van der Waals surface area contributed by atoms with Crippen molar-refractivity contribution < 1.29 is 18.9 Å². The van der Waals surface area contributed by atoms with E-state index < -0.39 is 35.7 Å². The Kier molecular flexibility index (Phi) is 8.07. The smallest absolute Gasteiger partial charge is 0.333 e. The molecule has 11 heteroatoms. The van der Waals surface area contributed by atoms with E-state index in [-0.39, 0.29) is 13.2 Å². The van der Waals surface area contributed by atoms with E-state index in [9.17, 15) is 9.59 Å². The lowest BCUT2D eigenvalue weighted by Gasteiger charge is -2.23. The van der Waals surface area contributed by atoms with Crippen LogP contribution in [0.2, 0.25) is 0 Å². The number of aromatic nitrogens is 2. The Bertz CT molecular complexity index is 1060. The van der Waals surface area contributed by atoms with Crippen LogP contribution in [0.25, 0.3) is 10.4 Å². The van der Waals surface area contributed by atoms with Gasteiger partial charge in [0.2, 0.25) is 0 Å². The summed E-state index contributed by atoms with van der Waals surface area (Å²) in [5.41, 5.74) is 8.81. The number of rotatable bonds is 10. The molecular weight excluding hydrogens is 418 g/mol. The monoisotopic (exact) mass is 445 g/mol. The van der Waals surface area contributed by atoms with Crippen LogP contribution < -0.4 is 16.0 Å². The zero-order valence-corrected chi connectivity index (χ0v) is 18.3. The van der Waals surface area contributed by atoms with Crippen molar-refractivity contribution in [1.29, 1.82) is 0 Å². The van der Waals surface area contributed by atoms with Crippen LogP contribution in [0.5, 0.6) is 5.75 Å². The van der Waals surface area contributed by atoms with Gasteiger partial charge >= 0.3 is 5.69 Å². The molecule has 1 saturated heterocycles. The summed E-state index contributed by atoms with van der Waals surface area (Å²) in [5, 5.41) is 3.86. The molecule has 2 aromatic rings. The lowest BCUT2D eigenvalue weighted by molar-refractivity contribution is -0.0736. The summed E-state index contributed by atoms with van der Waals surface area (Å²) in [6.07, 6.45) is -0.0575. The van der Waals surface area contributed by atoms with Crippen LogP contribution in [0.15, 0.2) is 51.2 Å². The first kappa shape index (κ1) is 23.6. The van der Waals surface area contributed by atoms with E-state index in [1.807, 2.05) is 6.92 Å². The molecule has 1 aliphatic rings. The molecule has 32 heavy (non-hydrogen) atoms. The second-order valence-electron chi connectivity index (χ2n) is 7.28. The van der Waals surface area contributed by atoms with Gasteiger partial charge in [-0.25, -0.2) is 4.79 Å². The Hall–Kier alpha value is -3.11. The minimum Gasteiger partial charge on any atom is -0.497 e. The van der Waals surface area contributed by atoms with Gasteiger partial charge in [0.15, 0.2) is 6.23 Å². The van der Waals surface area contributed by atoms with Crippen LogP contribution in [-0.4, -0.2) is 54.8 Å². The molecule has 11 nitrogen and oxygen atoms in total. The van der Waals surface area contributed by atoms with Crippen LogP contribution >= 0.6 is 0 Å². The Labute approximate surface area is 184 Å². The fourth-order valence-electron chi connectivity index (χ4n) is 3.71. The maximum Gasteiger partial charge on any atom is 0.333 e. The first-order valence-corrected chi connectivity index (χ1v) is 10.3. The third-order valence-corrected chi connectivity index (χ3v) is 5.37. The molecule has 0 radical (unpaired) electrons. The second kappa shape index (κ2) is 11.0. The minimum absolute atomic E-state index is 0.0847. The van der Waals surface area contributed by atoms with Crippen molar-refractivity contribution in [2.24, 2.45) is 5.11 Å². The number of ether oxygens (including phenoxy) is 4. The lowest BCUT2D eigenvalue weighted by atomic mass is 10.1. The molecule has 0 bridgehead atoms. The van der Waals surface area contributed by atoms with Crippen molar-refractivity contribution in [2.75, 3.05) is 27.4 Å². The van der Waals surface area contributed by atoms with Crippen molar-refractivity contribution in [2.45, 2.75) is 44.4 Å². The van der Waals surface area contributed by atoms with E-state index in [2.05, 4.69) is 10.0 Å². The van der Waals surface area contributed by atoms with Gasteiger partial charge in [-0.3, -0.25) is 13.9 Å². The van der Waals surface area contributed by atoms with Crippen LogP contribution in [-0.2, 0) is 20.8 Å². The highest BCUT2D eigenvalue weighted by molar-refractivity contribution is 5.27. The van der Waals surface area contributed by atoms with Gasteiger partial charge < -0.3 is 18.9 Å². The van der Waals surface area contributed by atoms with E-state index in [0.717, 1.165) is 10.1 Å². The normalized spacial score (nSPS) is 22.5. The summed E-state index contributed by atoms with van der Waals surface area (Å²) in [6.45, 7) is 2.54. The number of methoxy groups -OCH3 is 2. The maximum atomic E-state index is 13.3. The molecule has 1 aromatic carbocycles. The molecule has 172 valence electrons. The summed E-state index contributed by atoms with van der Waals surface area (Å²) >= 11 is 0. The summed E-state index contributed by atoms with van der Waals surface area (Å²) in [5.74, 6) is 0.677. The summed E-state index contributed by atoms with van der Waals surface area (Å²) in [6, 6.07) is 7.78. The highest BCUT2D eigenvalue weighted by Gasteiger charge is 2.45. The third-order valence-electron chi connectivity index (χ3n) is 5.37. The summed E-state index contributed by atoms with van der Waals surface area (Å²) < 4.78 is 24.6. The van der Waals surface area contributed by atoms with E-state index >= 15 is 0 Å². The van der Waals surface area contributed by atoms with Gasteiger partial charge in [-0.1, -0.05) is 24.2 Å². The molecule has 0 unspecified atom stereocenters. The van der Waals surface area contributed by atoms with Gasteiger partial charge in [-0.2, -0.15) is 0 Å². The van der Waals surface area contributed by atoms with Crippen molar-refractivity contribution in [3.63, 3.8) is 0 Å². The third kappa shape index (κ3) is 5.03. The molecule has 0 saturated carbocycles. The molecular formula is C21H27N5O6. The number of hydrogen-bond donors (Lipinski definition) is 0. The Morgan fingerprint density at radius 1 is 1.16 bits per heavy atom. The van der Waals surface area contributed by atoms with E-state index in [0.29, 0.717) is 18.8 Å². The largest absolute Gasteiger partial charge is 0.497 e. The molecule has 1 aromatic heterocycles. The van der Waals surface area contributed by atoms with Crippen LogP contribution in [0.4, 0.5) is 0 Å². The molecule has 1 fully saturated rings. The molecule has 0 N–H and O–H groups in total. The van der Waals surface area contributed by atoms with Crippen LogP contribution in [0.1, 0.15) is 25.1 Å². The molecule has 0 amide bonds. The van der Waals surface area contributed by atoms with Gasteiger partial charge in [-0.15, -0.1) is 0 Å². The number of nitrogens with zero attached hydrogens (tertiary/aromatic N) is 5. The van der Waals surface area contributed by atoms with Crippen LogP contribution in [0.3, 0.4) is 0 Å². The lowest BCUT2D eigenvalue weighted by Crippen LogP contribution is -2.43. The van der Waals surface area contributed by atoms with E-state index in [1.165, 1.54) is 16.8 Å². The maximum absolute atomic E-state index is 13.3. The highest BCUT2D eigenvalue weighted by atomic mass is 16.6. The van der Waals surface area contributed by atoms with E-state index in [4.69, 9.17) is 24.5 Å². The zero-order valence-electron chi connectivity index (χ0n) is 18.3. The van der Waals surface area contributed by atoms with Crippen molar-refractivity contribution in [1.82, 2.24) is 9.13 Å². The topological polar surface area (TPSA) is 130 Å².